The maximum atomic E-state index is 11.3. The van der Waals surface area contributed by atoms with E-state index in [4.69, 9.17) is 0 Å². The molecule has 0 bridgehead atoms. The van der Waals surface area contributed by atoms with Crippen LogP contribution >= 0.6 is 0 Å². The Morgan fingerprint density at radius 2 is 1.93 bits per heavy atom. The van der Waals surface area contributed by atoms with Crippen molar-refractivity contribution in [2.75, 3.05) is 0 Å². The van der Waals surface area contributed by atoms with Gasteiger partial charge in [-0.05, 0) is 17.5 Å². The van der Waals surface area contributed by atoms with Gasteiger partial charge in [0.05, 0.1) is 12.3 Å². The van der Waals surface area contributed by atoms with Crippen LogP contribution < -0.4 is 0 Å². The second-order valence-corrected chi connectivity index (χ2v) is 3.64. The maximum absolute atomic E-state index is 11.3. The Kier molecular flexibility index (Phi) is 2.54. The number of cyclic esters (lactones) is 2. The monoisotopic (exact) mass is 204 g/mol. The summed E-state index contributed by atoms with van der Waals surface area (Å²) in [6.45, 7) is 2.07. The van der Waals surface area contributed by atoms with Gasteiger partial charge in [0.25, 0.3) is 0 Å². The number of rotatable bonds is 2. The highest BCUT2D eigenvalue weighted by molar-refractivity contribution is 5.97. The molecule has 1 heterocycles. The molecule has 1 aromatic rings. The van der Waals surface area contributed by atoms with E-state index in [9.17, 15) is 9.59 Å². The van der Waals surface area contributed by atoms with Crippen molar-refractivity contribution in [1.29, 1.82) is 0 Å². The fourth-order valence-electron chi connectivity index (χ4n) is 1.71. The van der Waals surface area contributed by atoms with Gasteiger partial charge in [-0.15, -0.1) is 0 Å². The summed E-state index contributed by atoms with van der Waals surface area (Å²) in [5, 5.41) is 0. The Morgan fingerprint density at radius 1 is 1.27 bits per heavy atom. The first-order chi connectivity index (χ1) is 7.20. The predicted molar refractivity (Wildman–Crippen MR) is 54.3 cm³/mol. The van der Waals surface area contributed by atoms with Crippen LogP contribution in [0.2, 0.25) is 0 Å². The summed E-state index contributed by atoms with van der Waals surface area (Å²) < 4.78 is 4.51. The molecular formula is C12H12O3. The normalized spacial score (nSPS) is 20.5. The van der Waals surface area contributed by atoms with Gasteiger partial charge in [0, 0.05) is 0 Å². The van der Waals surface area contributed by atoms with E-state index in [1.807, 2.05) is 24.3 Å². The quantitative estimate of drug-likeness (QED) is 0.545. The molecule has 2 rings (SSSR count). The lowest BCUT2D eigenvalue weighted by atomic mass is 9.96. The zero-order chi connectivity index (χ0) is 10.8. The van der Waals surface area contributed by atoms with Crippen molar-refractivity contribution < 1.29 is 14.3 Å². The number of hydrogen-bond acceptors (Lipinski definition) is 3. The third-order valence-electron chi connectivity index (χ3n) is 2.66. The molecule has 0 spiro atoms. The van der Waals surface area contributed by atoms with Crippen molar-refractivity contribution in [2.24, 2.45) is 0 Å². The Balaban J connectivity index is 2.22. The summed E-state index contributed by atoms with van der Waals surface area (Å²) in [5.74, 6) is -1.25. The SMILES string of the molecule is CCc1ccc([C@@H]2CC(=O)OC2=O)cc1. The molecule has 1 fully saturated rings. The first-order valence-corrected chi connectivity index (χ1v) is 5.04. The van der Waals surface area contributed by atoms with E-state index in [0.29, 0.717) is 0 Å². The number of hydrogen-bond donors (Lipinski definition) is 0. The lowest BCUT2D eigenvalue weighted by molar-refractivity contribution is -0.152. The minimum atomic E-state index is -0.427. The molecule has 0 unspecified atom stereocenters. The van der Waals surface area contributed by atoms with E-state index in [0.717, 1.165) is 12.0 Å². The van der Waals surface area contributed by atoms with Crippen molar-refractivity contribution in [2.45, 2.75) is 25.7 Å². The highest BCUT2D eigenvalue weighted by atomic mass is 16.6. The van der Waals surface area contributed by atoms with Crippen LogP contribution in [0.5, 0.6) is 0 Å². The summed E-state index contributed by atoms with van der Waals surface area (Å²) in [4.78, 5) is 22.2. The summed E-state index contributed by atoms with van der Waals surface area (Å²) in [6, 6.07) is 7.74. The molecule has 1 aliphatic heterocycles. The van der Waals surface area contributed by atoms with Crippen LogP contribution in [0.25, 0.3) is 0 Å². The highest BCUT2D eigenvalue weighted by Gasteiger charge is 2.34. The topological polar surface area (TPSA) is 43.4 Å². The highest BCUT2D eigenvalue weighted by Crippen LogP contribution is 2.27. The molecule has 1 saturated heterocycles. The molecular weight excluding hydrogens is 192 g/mol. The average molecular weight is 204 g/mol. The van der Waals surface area contributed by atoms with Crippen LogP contribution in [0.1, 0.15) is 30.4 Å². The summed E-state index contributed by atoms with van der Waals surface area (Å²) in [5.41, 5.74) is 2.08. The molecule has 0 aliphatic carbocycles. The van der Waals surface area contributed by atoms with Gasteiger partial charge >= 0.3 is 11.9 Å². The third-order valence-corrected chi connectivity index (χ3v) is 2.66. The van der Waals surface area contributed by atoms with E-state index in [-0.39, 0.29) is 6.42 Å². The molecule has 1 atom stereocenters. The van der Waals surface area contributed by atoms with Gasteiger partial charge in [-0.3, -0.25) is 9.59 Å². The Morgan fingerprint density at radius 3 is 2.40 bits per heavy atom. The Labute approximate surface area is 88.1 Å². The molecule has 0 amide bonds. The average Bonchev–Trinajstić information content (AvgIpc) is 2.58. The number of ether oxygens (including phenoxy) is 1. The lowest BCUT2D eigenvalue weighted by Crippen LogP contribution is -2.05. The van der Waals surface area contributed by atoms with Crippen molar-refractivity contribution in [3.05, 3.63) is 35.4 Å². The van der Waals surface area contributed by atoms with Gasteiger partial charge in [0.2, 0.25) is 0 Å². The van der Waals surface area contributed by atoms with Crippen LogP contribution in [-0.4, -0.2) is 11.9 Å². The zero-order valence-electron chi connectivity index (χ0n) is 8.53. The predicted octanol–water partition coefficient (Wildman–Crippen LogP) is 1.81. The largest absolute Gasteiger partial charge is 0.393 e. The van der Waals surface area contributed by atoms with E-state index in [1.54, 1.807) is 0 Å². The summed E-state index contributed by atoms with van der Waals surface area (Å²) >= 11 is 0. The molecule has 15 heavy (non-hydrogen) atoms. The van der Waals surface area contributed by atoms with Gasteiger partial charge in [-0.2, -0.15) is 0 Å². The molecule has 3 nitrogen and oxygen atoms in total. The molecule has 0 saturated carbocycles. The Hall–Kier alpha value is -1.64. The van der Waals surface area contributed by atoms with Crippen molar-refractivity contribution >= 4 is 11.9 Å². The van der Waals surface area contributed by atoms with Crippen LogP contribution in [-0.2, 0) is 20.7 Å². The molecule has 0 N–H and O–H groups in total. The van der Waals surface area contributed by atoms with Gasteiger partial charge in [0.1, 0.15) is 0 Å². The van der Waals surface area contributed by atoms with E-state index >= 15 is 0 Å². The van der Waals surface area contributed by atoms with Crippen molar-refractivity contribution in [1.82, 2.24) is 0 Å². The second kappa shape index (κ2) is 3.85. The second-order valence-electron chi connectivity index (χ2n) is 3.64. The van der Waals surface area contributed by atoms with E-state index < -0.39 is 17.9 Å². The third kappa shape index (κ3) is 1.91. The fraction of sp³-hybridized carbons (Fsp3) is 0.333. The number of benzene rings is 1. The fourth-order valence-corrected chi connectivity index (χ4v) is 1.71. The first kappa shape index (κ1) is 9.90. The Bertz CT molecular complexity index is 392. The van der Waals surface area contributed by atoms with E-state index in [1.165, 1.54) is 5.56 Å². The van der Waals surface area contributed by atoms with Gasteiger partial charge in [0.15, 0.2) is 0 Å². The number of aryl methyl sites for hydroxylation is 1. The van der Waals surface area contributed by atoms with E-state index in [2.05, 4.69) is 11.7 Å². The standard InChI is InChI=1S/C12H12O3/c1-2-8-3-5-9(6-4-8)10-7-11(13)15-12(10)14/h3-6,10H,2,7H2,1H3/t10-/m0/s1. The minimum Gasteiger partial charge on any atom is -0.393 e. The molecule has 0 radical (unpaired) electrons. The first-order valence-electron chi connectivity index (χ1n) is 5.04. The smallest absolute Gasteiger partial charge is 0.321 e. The molecule has 0 aromatic heterocycles. The van der Waals surface area contributed by atoms with Gasteiger partial charge in [-0.1, -0.05) is 31.2 Å². The lowest BCUT2D eigenvalue weighted by Gasteiger charge is -2.05. The van der Waals surface area contributed by atoms with Crippen LogP contribution in [0.15, 0.2) is 24.3 Å². The minimum absolute atomic E-state index is 0.171. The molecule has 3 heteroatoms. The van der Waals surface area contributed by atoms with Gasteiger partial charge < -0.3 is 4.74 Å². The molecule has 1 aromatic carbocycles. The number of carbonyl (C=O) groups excluding carboxylic acids is 2. The summed E-state index contributed by atoms with van der Waals surface area (Å²) in [7, 11) is 0. The maximum Gasteiger partial charge on any atom is 0.321 e. The van der Waals surface area contributed by atoms with Crippen LogP contribution in [0.4, 0.5) is 0 Å². The van der Waals surface area contributed by atoms with Gasteiger partial charge in [-0.25, -0.2) is 0 Å². The van der Waals surface area contributed by atoms with Crippen molar-refractivity contribution in [3.8, 4) is 0 Å². The van der Waals surface area contributed by atoms with Crippen molar-refractivity contribution in [3.63, 3.8) is 0 Å². The van der Waals surface area contributed by atoms with Crippen LogP contribution in [0.3, 0.4) is 0 Å². The summed E-state index contributed by atoms with van der Waals surface area (Å²) in [6.07, 6.45) is 1.14. The zero-order valence-corrected chi connectivity index (χ0v) is 8.53. The number of carbonyl (C=O) groups is 2. The van der Waals surface area contributed by atoms with Crippen LogP contribution in [0, 0.1) is 0 Å². The molecule has 78 valence electrons. The number of esters is 2. The molecule has 1 aliphatic rings.